The van der Waals surface area contributed by atoms with Crippen molar-refractivity contribution >= 4 is 27.6 Å². The molecule has 0 amide bonds. The highest BCUT2D eigenvalue weighted by Crippen LogP contribution is 2.31. The molecule has 1 aromatic rings. The number of carbonyl (C=O) groups excluding carboxylic acids is 1. The molecule has 16 heavy (non-hydrogen) atoms. The average Bonchev–Trinajstić information content (AvgIpc) is 2.21. The van der Waals surface area contributed by atoms with Crippen LogP contribution in [0.1, 0.15) is 17.3 Å². The van der Waals surface area contributed by atoms with Crippen molar-refractivity contribution < 1.29 is 18.8 Å². The van der Waals surface area contributed by atoms with Gasteiger partial charge in [0.1, 0.15) is 15.9 Å². The number of esters is 1. The van der Waals surface area contributed by atoms with Gasteiger partial charge in [-0.2, -0.15) is 0 Å². The number of hydrogen-bond donors (Lipinski definition) is 0. The minimum atomic E-state index is -0.852. The molecule has 0 unspecified atom stereocenters. The number of halogens is 2. The quantitative estimate of drug-likeness (QED) is 0.488. The second-order valence-electron chi connectivity index (χ2n) is 2.74. The Morgan fingerprint density at radius 1 is 1.62 bits per heavy atom. The van der Waals surface area contributed by atoms with Gasteiger partial charge in [-0.1, -0.05) is 0 Å². The van der Waals surface area contributed by atoms with Crippen LogP contribution < -0.4 is 0 Å². The molecular weight excluding hydrogens is 285 g/mol. The van der Waals surface area contributed by atoms with Crippen LogP contribution in [-0.4, -0.2) is 17.5 Å². The SMILES string of the molecule is CCOC(=O)c1ccc(F)c(Br)c1[N+](=O)[O-]. The van der Waals surface area contributed by atoms with Crippen LogP contribution in [0.2, 0.25) is 0 Å². The van der Waals surface area contributed by atoms with Crippen molar-refractivity contribution in [3.63, 3.8) is 0 Å². The zero-order chi connectivity index (χ0) is 12.3. The lowest BCUT2D eigenvalue weighted by molar-refractivity contribution is -0.386. The van der Waals surface area contributed by atoms with Crippen LogP contribution in [-0.2, 0) is 4.74 Å². The summed E-state index contributed by atoms with van der Waals surface area (Å²) in [4.78, 5) is 21.2. The third-order valence-electron chi connectivity index (χ3n) is 1.75. The summed E-state index contributed by atoms with van der Waals surface area (Å²) in [5.74, 6) is -1.66. The van der Waals surface area contributed by atoms with Crippen LogP contribution in [0.25, 0.3) is 0 Å². The number of nitrogens with zero attached hydrogens (tertiary/aromatic N) is 1. The number of carbonyl (C=O) groups is 1. The summed E-state index contributed by atoms with van der Waals surface area (Å²) in [5, 5.41) is 10.7. The van der Waals surface area contributed by atoms with Gasteiger partial charge in [0.05, 0.1) is 11.5 Å². The minimum Gasteiger partial charge on any atom is -0.462 e. The lowest BCUT2D eigenvalue weighted by Crippen LogP contribution is -2.09. The molecule has 0 atom stereocenters. The normalized spacial score (nSPS) is 9.94. The Bertz CT molecular complexity index is 449. The topological polar surface area (TPSA) is 69.4 Å². The van der Waals surface area contributed by atoms with Gasteiger partial charge in [0, 0.05) is 0 Å². The van der Waals surface area contributed by atoms with Crippen LogP contribution in [0.4, 0.5) is 10.1 Å². The molecule has 5 nitrogen and oxygen atoms in total. The van der Waals surface area contributed by atoms with E-state index in [0.717, 1.165) is 12.1 Å². The van der Waals surface area contributed by atoms with Crippen LogP contribution in [0.5, 0.6) is 0 Å². The Labute approximate surface area is 98.5 Å². The van der Waals surface area contributed by atoms with E-state index in [0.29, 0.717) is 0 Å². The highest BCUT2D eigenvalue weighted by atomic mass is 79.9. The smallest absolute Gasteiger partial charge is 0.345 e. The fourth-order valence-electron chi connectivity index (χ4n) is 1.09. The molecule has 86 valence electrons. The highest BCUT2D eigenvalue weighted by molar-refractivity contribution is 9.10. The van der Waals surface area contributed by atoms with E-state index < -0.39 is 22.4 Å². The summed E-state index contributed by atoms with van der Waals surface area (Å²) in [7, 11) is 0. The summed E-state index contributed by atoms with van der Waals surface area (Å²) < 4.78 is 17.3. The summed E-state index contributed by atoms with van der Waals surface area (Å²) in [5.41, 5.74) is -0.904. The fraction of sp³-hybridized carbons (Fsp3) is 0.222. The number of ether oxygens (including phenoxy) is 1. The van der Waals surface area contributed by atoms with Crippen LogP contribution in [0, 0.1) is 15.9 Å². The maximum absolute atomic E-state index is 13.1. The Morgan fingerprint density at radius 2 is 2.25 bits per heavy atom. The van der Waals surface area contributed by atoms with Crippen molar-refractivity contribution in [1.82, 2.24) is 0 Å². The summed E-state index contributed by atoms with van der Waals surface area (Å²) in [6.45, 7) is 1.66. The molecule has 0 saturated heterocycles. The Balaban J connectivity index is 3.34. The molecule has 1 aromatic carbocycles. The van der Waals surface area contributed by atoms with E-state index in [1.54, 1.807) is 6.92 Å². The fourth-order valence-corrected chi connectivity index (χ4v) is 1.58. The standard InChI is InChI=1S/C9H7BrFNO4/c1-2-16-9(13)5-3-4-6(11)7(10)8(5)12(14)15/h3-4H,2H2,1H3. The average molecular weight is 292 g/mol. The van der Waals surface area contributed by atoms with Crippen LogP contribution in [0.15, 0.2) is 16.6 Å². The zero-order valence-electron chi connectivity index (χ0n) is 8.20. The first-order valence-corrected chi connectivity index (χ1v) is 5.07. The van der Waals surface area contributed by atoms with E-state index in [4.69, 9.17) is 0 Å². The van der Waals surface area contributed by atoms with E-state index in [9.17, 15) is 19.3 Å². The number of benzene rings is 1. The molecule has 0 spiro atoms. The van der Waals surface area contributed by atoms with Crippen LogP contribution >= 0.6 is 15.9 Å². The number of nitro benzene ring substituents is 1. The monoisotopic (exact) mass is 291 g/mol. The minimum absolute atomic E-state index is 0.0883. The van der Waals surface area contributed by atoms with Crippen molar-refractivity contribution in [1.29, 1.82) is 0 Å². The molecule has 0 fully saturated rings. The molecular formula is C9H7BrFNO4. The highest BCUT2D eigenvalue weighted by Gasteiger charge is 2.26. The Morgan fingerprint density at radius 3 is 2.75 bits per heavy atom. The van der Waals surface area contributed by atoms with Gasteiger partial charge in [-0.15, -0.1) is 0 Å². The Hall–Kier alpha value is -1.50. The van der Waals surface area contributed by atoms with Crippen LogP contribution in [0.3, 0.4) is 0 Å². The van der Waals surface area contributed by atoms with Gasteiger partial charge in [-0.05, 0) is 35.0 Å². The van der Waals surface area contributed by atoms with Gasteiger partial charge in [0.2, 0.25) is 0 Å². The van der Waals surface area contributed by atoms with E-state index in [1.807, 2.05) is 0 Å². The molecule has 0 aromatic heterocycles. The van der Waals surface area contributed by atoms with E-state index >= 15 is 0 Å². The lowest BCUT2D eigenvalue weighted by Gasteiger charge is -2.04. The molecule has 0 bridgehead atoms. The number of nitro groups is 1. The molecule has 7 heteroatoms. The second kappa shape index (κ2) is 5.02. The van der Waals surface area contributed by atoms with Gasteiger partial charge >= 0.3 is 11.7 Å². The predicted molar refractivity (Wildman–Crippen MR) is 56.7 cm³/mol. The number of rotatable bonds is 3. The summed E-state index contributed by atoms with van der Waals surface area (Å²) in [6, 6.07) is 1.99. The summed E-state index contributed by atoms with van der Waals surface area (Å²) >= 11 is 2.73. The second-order valence-corrected chi connectivity index (χ2v) is 3.53. The van der Waals surface area contributed by atoms with Gasteiger partial charge in [-0.25, -0.2) is 9.18 Å². The molecule has 0 N–H and O–H groups in total. The van der Waals surface area contributed by atoms with Gasteiger partial charge in [-0.3, -0.25) is 10.1 Å². The van der Waals surface area contributed by atoms with Crippen molar-refractivity contribution in [3.8, 4) is 0 Å². The molecule has 0 aliphatic carbocycles. The molecule has 0 heterocycles. The largest absolute Gasteiger partial charge is 0.462 e. The third kappa shape index (κ3) is 2.35. The maximum Gasteiger partial charge on any atom is 0.345 e. The summed E-state index contributed by atoms with van der Waals surface area (Å²) in [6.07, 6.45) is 0. The van der Waals surface area contributed by atoms with Crippen molar-refractivity contribution in [3.05, 3.63) is 38.1 Å². The van der Waals surface area contributed by atoms with Gasteiger partial charge < -0.3 is 4.74 Å². The van der Waals surface area contributed by atoms with E-state index in [2.05, 4.69) is 20.7 Å². The number of hydrogen-bond acceptors (Lipinski definition) is 4. The van der Waals surface area contributed by atoms with E-state index in [-0.39, 0.29) is 16.6 Å². The van der Waals surface area contributed by atoms with Crippen molar-refractivity contribution in [2.24, 2.45) is 0 Å². The first-order chi connectivity index (χ1) is 7.49. The first kappa shape index (κ1) is 12.6. The maximum atomic E-state index is 13.1. The first-order valence-electron chi connectivity index (χ1n) is 4.28. The third-order valence-corrected chi connectivity index (χ3v) is 2.50. The molecule has 0 radical (unpaired) electrons. The molecule has 0 aliphatic rings. The predicted octanol–water partition coefficient (Wildman–Crippen LogP) is 2.67. The Kier molecular flexibility index (Phi) is 3.94. The zero-order valence-corrected chi connectivity index (χ0v) is 9.78. The van der Waals surface area contributed by atoms with Crippen molar-refractivity contribution in [2.45, 2.75) is 6.92 Å². The van der Waals surface area contributed by atoms with E-state index in [1.165, 1.54) is 0 Å². The molecule has 0 aliphatic heterocycles. The van der Waals surface area contributed by atoms with Crippen molar-refractivity contribution in [2.75, 3.05) is 6.61 Å². The van der Waals surface area contributed by atoms with Gasteiger partial charge in [0.15, 0.2) is 0 Å². The molecule has 1 rings (SSSR count). The van der Waals surface area contributed by atoms with Gasteiger partial charge in [0.25, 0.3) is 0 Å². The molecule has 0 saturated carbocycles. The lowest BCUT2D eigenvalue weighted by atomic mass is 10.2.